The highest BCUT2D eigenvalue weighted by atomic mass is 35.5. The molecule has 2 aromatic rings. The maximum atomic E-state index is 6.27. The van der Waals surface area contributed by atoms with E-state index in [-0.39, 0.29) is 0 Å². The van der Waals surface area contributed by atoms with Crippen LogP contribution in [0.4, 0.5) is 5.82 Å². The van der Waals surface area contributed by atoms with Crippen molar-refractivity contribution in [2.24, 2.45) is 0 Å². The standard InChI is InChI=1S/C15H19Cl2N3/c1-3-5-9-20-12(4-2)19-14(15(20)18)10-7-6-8-11(16)13(10)17/h6-8H,3-5,9,18H2,1-2H3. The molecule has 0 aliphatic heterocycles. The number of imidazole rings is 1. The van der Waals surface area contributed by atoms with Crippen LogP contribution >= 0.6 is 23.2 Å². The van der Waals surface area contributed by atoms with Gasteiger partial charge in [-0.25, -0.2) is 4.98 Å². The fourth-order valence-corrected chi connectivity index (χ4v) is 2.62. The molecule has 0 amide bonds. The number of nitrogens with two attached hydrogens (primary N) is 1. The van der Waals surface area contributed by atoms with Crippen molar-refractivity contribution in [3.63, 3.8) is 0 Å². The molecule has 1 aromatic carbocycles. The van der Waals surface area contributed by atoms with E-state index in [4.69, 9.17) is 28.9 Å². The first-order valence-electron chi connectivity index (χ1n) is 6.89. The molecule has 1 aromatic heterocycles. The number of hydrogen-bond donors (Lipinski definition) is 1. The number of benzene rings is 1. The van der Waals surface area contributed by atoms with Crippen LogP contribution < -0.4 is 5.73 Å². The largest absolute Gasteiger partial charge is 0.383 e. The summed E-state index contributed by atoms with van der Waals surface area (Å²) in [7, 11) is 0. The Labute approximate surface area is 129 Å². The van der Waals surface area contributed by atoms with Gasteiger partial charge in [0.2, 0.25) is 0 Å². The molecule has 0 aliphatic carbocycles. The van der Waals surface area contributed by atoms with Crippen LogP contribution in [-0.4, -0.2) is 9.55 Å². The lowest BCUT2D eigenvalue weighted by Gasteiger charge is -2.08. The van der Waals surface area contributed by atoms with E-state index in [2.05, 4.69) is 23.4 Å². The molecular weight excluding hydrogens is 293 g/mol. The molecule has 0 fully saturated rings. The Bertz CT molecular complexity index is 605. The quantitative estimate of drug-likeness (QED) is 0.861. The zero-order valence-corrected chi connectivity index (χ0v) is 13.3. The van der Waals surface area contributed by atoms with Gasteiger partial charge in [-0.05, 0) is 12.5 Å². The highest BCUT2D eigenvalue weighted by molar-refractivity contribution is 6.43. The SMILES string of the molecule is CCCCn1c(CC)nc(-c2cccc(Cl)c2Cl)c1N. The Hall–Kier alpha value is -1.19. The summed E-state index contributed by atoms with van der Waals surface area (Å²) in [5, 5.41) is 1.02. The summed E-state index contributed by atoms with van der Waals surface area (Å²) in [5.41, 5.74) is 7.79. The molecule has 20 heavy (non-hydrogen) atoms. The van der Waals surface area contributed by atoms with Gasteiger partial charge < -0.3 is 10.3 Å². The predicted molar refractivity (Wildman–Crippen MR) is 86.4 cm³/mol. The molecule has 5 heteroatoms. The third kappa shape index (κ3) is 2.79. The molecule has 0 atom stereocenters. The summed E-state index contributed by atoms with van der Waals surface area (Å²) < 4.78 is 2.08. The zero-order valence-electron chi connectivity index (χ0n) is 11.8. The Morgan fingerprint density at radius 2 is 2.00 bits per heavy atom. The Morgan fingerprint density at radius 1 is 1.25 bits per heavy atom. The average molecular weight is 312 g/mol. The van der Waals surface area contributed by atoms with Gasteiger partial charge in [0.1, 0.15) is 17.3 Å². The van der Waals surface area contributed by atoms with Crippen LogP contribution in [0.1, 0.15) is 32.5 Å². The second-order valence-electron chi connectivity index (χ2n) is 4.72. The monoisotopic (exact) mass is 311 g/mol. The Balaban J connectivity index is 2.52. The summed E-state index contributed by atoms with van der Waals surface area (Å²) in [6.45, 7) is 5.12. The van der Waals surface area contributed by atoms with Crippen LogP contribution in [-0.2, 0) is 13.0 Å². The van der Waals surface area contributed by atoms with Gasteiger partial charge in [-0.2, -0.15) is 0 Å². The number of halogens is 2. The van der Waals surface area contributed by atoms with Crippen molar-refractivity contribution >= 4 is 29.0 Å². The van der Waals surface area contributed by atoms with Crippen LogP contribution in [0.15, 0.2) is 18.2 Å². The summed E-state index contributed by atoms with van der Waals surface area (Å²) in [5.74, 6) is 1.65. The van der Waals surface area contributed by atoms with Crippen molar-refractivity contribution in [2.75, 3.05) is 5.73 Å². The van der Waals surface area contributed by atoms with Crippen molar-refractivity contribution in [2.45, 2.75) is 39.7 Å². The molecule has 0 spiro atoms. The molecule has 1 heterocycles. The van der Waals surface area contributed by atoms with Gasteiger partial charge in [-0.1, -0.05) is 55.6 Å². The lowest BCUT2D eigenvalue weighted by molar-refractivity contribution is 0.612. The van der Waals surface area contributed by atoms with Crippen molar-refractivity contribution in [3.8, 4) is 11.3 Å². The fraction of sp³-hybridized carbons (Fsp3) is 0.400. The summed E-state index contributed by atoms with van der Waals surface area (Å²) in [6, 6.07) is 5.52. The molecule has 0 saturated heterocycles. The number of aryl methyl sites for hydroxylation is 1. The minimum Gasteiger partial charge on any atom is -0.383 e. The minimum absolute atomic E-state index is 0.503. The first kappa shape index (κ1) is 15.2. The first-order valence-corrected chi connectivity index (χ1v) is 7.65. The van der Waals surface area contributed by atoms with Gasteiger partial charge >= 0.3 is 0 Å². The van der Waals surface area contributed by atoms with E-state index in [9.17, 15) is 0 Å². The molecule has 0 radical (unpaired) electrons. The summed E-state index contributed by atoms with van der Waals surface area (Å²) in [4.78, 5) is 4.65. The van der Waals surface area contributed by atoms with Crippen molar-refractivity contribution < 1.29 is 0 Å². The highest BCUT2D eigenvalue weighted by Crippen LogP contribution is 2.36. The molecule has 0 unspecified atom stereocenters. The van der Waals surface area contributed by atoms with Crippen LogP contribution in [0.5, 0.6) is 0 Å². The molecular formula is C15H19Cl2N3. The number of rotatable bonds is 5. The maximum Gasteiger partial charge on any atom is 0.131 e. The van der Waals surface area contributed by atoms with E-state index in [0.717, 1.165) is 42.9 Å². The number of aromatic nitrogens is 2. The second-order valence-corrected chi connectivity index (χ2v) is 5.51. The Kier molecular flexibility index (Phi) is 4.95. The van der Waals surface area contributed by atoms with Gasteiger partial charge in [0.25, 0.3) is 0 Å². The summed E-state index contributed by atoms with van der Waals surface area (Å²) in [6.07, 6.45) is 3.04. The number of anilines is 1. The number of nitrogens with zero attached hydrogens (tertiary/aromatic N) is 2. The predicted octanol–water partition coefficient (Wildman–Crippen LogP) is 4.80. The van der Waals surface area contributed by atoms with Crippen molar-refractivity contribution in [1.82, 2.24) is 9.55 Å². The smallest absolute Gasteiger partial charge is 0.131 e. The number of nitrogen functional groups attached to an aromatic ring is 1. The fourth-order valence-electron chi connectivity index (χ4n) is 2.23. The minimum atomic E-state index is 0.503. The van der Waals surface area contributed by atoms with Crippen LogP contribution in [0, 0.1) is 0 Å². The van der Waals surface area contributed by atoms with Crippen molar-refractivity contribution in [3.05, 3.63) is 34.1 Å². The van der Waals surface area contributed by atoms with Crippen molar-refractivity contribution in [1.29, 1.82) is 0 Å². The van der Waals surface area contributed by atoms with Crippen LogP contribution in [0.2, 0.25) is 10.0 Å². The van der Waals surface area contributed by atoms with Gasteiger partial charge in [-0.3, -0.25) is 0 Å². The van der Waals surface area contributed by atoms with E-state index in [0.29, 0.717) is 15.9 Å². The molecule has 0 aliphatic rings. The maximum absolute atomic E-state index is 6.27. The van der Waals surface area contributed by atoms with E-state index in [1.165, 1.54) is 0 Å². The molecule has 2 N–H and O–H groups in total. The highest BCUT2D eigenvalue weighted by Gasteiger charge is 2.17. The number of unbranched alkanes of at least 4 members (excludes halogenated alkanes) is 1. The second kappa shape index (κ2) is 6.51. The molecule has 3 nitrogen and oxygen atoms in total. The van der Waals surface area contributed by atoms with Gasteiger partial charge in [-0.15, -0.1) is 0 Å². The van der Waals surface area contributed by atoms with Crippen LogP contribution in [0.3, 0.4) is 0 Å². The van der Waals surface area contributed by atoms with E-state index in [1.54, 1.807) is 6.07 Å². The Morgan fingerprint density at radius 3 is 2.65 bits per heavy atom. The summed E-state index contributed by atoms with van der Waals surface area (Å²) >= 11 is 12.3. The number of hydrogen-bond acceptors (Lipinski definition) is 2. The molecule has 2 rings (SSSR count). The third-order valence-electron chi connectivity index (χ3n) is 3.34. The molecule has 0 bridgehead atoms. The molecule has 0 saturated carbocycles. The lowest BCUT2D eigenvalue weighted by atomic mass is 10.1. The normalized spacial score (nSPS) is 11.0. The lowest BCUT2D eigenvalue weighted by Crippen LogP contribution is -2.06. The average Bonchev–Trinajstić information content (AvgIpc) is 2.76. The van der Waals surface area contributed by atoms with E-state index >= 15 is 0 Å². The molecule has 108 valence electrons. The van der Waals surface area contributed by atoms with Gasteiger partial charge in [0.05, 0.1) is 10.0 Å². The van der Waals surface area contributed by atoms with Gasteiger partial charge in [0, 0.05) is 18.5 Å². The first-order chi connectivity index (χ1) is 9.60. The van der Waals surface area contributed by atoms with E-state index < -0.39 is 0 Å². The topological polar surface area (TPSA) is 43.8 Å². The van der Waals surface area contributed by atoms with Gasteiger partial charge in [0.15, 0.2) is 0 Å². The van der Waals surface area contributed by atoms with E-state index in [1.807, 2.05) is 12.1 Å². The zero-order chi connectivity index (χ0) is 14.7. The third-order valence-corrected chi connectivity index (χ3v) is 4.16. The van der Waals surface area contributed by atoms with Crippen LogP contribution in [0.25, 0.3) is 11.3 Å².